The van der Waals surface area contributed by atoms with E-state index in [1.54, 1.807) is 14.2 Å². The number of benzene rings is 1. The standard InChI is InChI=1S/C17H23N3O2/c1-5-6-14-11-18-12(2)20-17(14)19-10-13-7-8-15(21-3)16(9-13)22-4/h7-9,11H,5-6,10H2,1-4H3,(H,18,19,20). The normalized spacial score (nSPS) is 10.4. The monoisotopic (exact) mass is 301 g/mol. The van der Waals surface area contributed by atoms with E-state index in [4.69, 9.17) is 9.47 Å². The highest BCUT2D eigenvalue weighted by Crippen LogP contribution is 2.28. The van der Waals surface area contributed by atoms with E-state index in [0.29, 0.717) is 6.54 Å². The molecule has 1 heterocycles. The van der Waals surface area contributed by atoms with Crippen LogP contribution in [-0.4, -0.2) is 24.2 Å². The van der Waals surface area contributed by atoms with E-state index < -0.39 is 0 Å². The van der Waals surface area contributed by atoms with Gasteiger partial charge in [-0.3, -0.25) is 0 Å². The van der Waals surface area contributed by atoms with Crippen LogP contribution in [0.25, 0.3) is 0 Å². The van der Waals surface area contributed by atoms with E-state index in [0.717, 1.165) is 47.1 Å². The first-order valence-electron chi connectivity index (χ1n) is 7.45. The van der Waals surface area contributed by atoms with Crippen molar-refractivity contribution in [2.45, 2.75) is 33.2 Å². The minimum absolute atomic E-state index is 0.674. The molecule has 5 heteroatoms. The highest BCUT2D eigenvalue weighted by atomic mass is 16.5. The van der Waals surface area contributed by atoms with Crippen molar-refractivity contribution in [1.82, 2.24) is 9.97 Å². The van der Waals surface area contributed by atoms with Crippen LogP contribution < -0.4 is 14.8 Å². The number of nitrogens with zero attached hydrogens (tertiary/aromatic N) is 2. The number of aryl methyl sites for hydroxylation is 2. The summed E-state index contributed by atoms with van der Waals surface area (Å²) in [6.45, 7) is 4.73. The van der Waals surface area contributed by atoms with Gasteiger partial charge in [0.1, 0.15) is 11.6 Å². The van der Waals surface area contributed by atoms with Gasteiger partial charge in [0, 0.05) is 18.3 Å². The van der Waals surface area contributed by atoms with Gasteiger partial charge in [0.15, 0.2) is 11.5 Å². The second kappa shape index (κ2) is 7.64. The van der Waals surface area contributed by atoms with Crippen LogP contribution in [0.3, 0.4) is 0 Å². The van der Waals surface area contributed by atoms with Crippen molar-refractivity contribution in [3.63, 3.8) is 0 Å². The van der Waals surface area contributed by atoms with E-state index in [9.17, 15) is 0 Å². The molecule has 1 N–H and O–H groups in total. The molecule has 0 saturated carbocycles. The fourth-order valence-corrected chi connectivity index (χ4v) is 2.28. The summed E-state index contributed by atoms with van der Waals surface area (Å²) in [5.74, 6) is 3.14. The molecule has 0 spiro atoms. The van der Waals surface area contributed by atoms with E-state index in [-0.39, 0.29) is 0 Å². The number of ether oxygens (including phenoxy) is 2. The molecule has 0 unspecified atom stereocenters. The van der Waals surface area contributed by atoms with Gasteiger partial charge in [-0.05, 0) is 31.0 Å². The third-order valence-corrected chi connectivity index (χ3v) is 3.41. The lowest BCUT2D eigenvalue weighted by Crippen LogP contribution is -2.07. The van der Waals surface area contributed by atoms with Crippen LogP contribution >= 0.6 is 0 Å². The van der Waals surface area contributed by atoms with Crippen LogP contribution in [0.1, 0.15) is 30.3 Å². The van der Waals surface area contributed by atoms with Gasteiger partial charge < -0.3 is 14.8 Å². The third-order valence-electron chi connectivity index (χ3n) is 3.41. The van der Waals surface area contributed by atoms with Crippen molar-refractivity contribution < 1.29 is 9.47 Å². The summed E-state index contributed by atoms with van der Waals surface area (Å²) in [5, 5.41) is 3.40. The Balaban J connectivity index is 2.14. The van der Waals surface area contributed by atoms with Crippen molar-refractivity contribution >= 4 is 5.82 Å². The summed E-state index contributed by atoms with van der Waals surface area (Å²) in [4.78, 5) is 8.78. The van der Waals surface area contributed by atoms with Gasteiger partial charge in [-0.15, -0.1) is 0 Å². The molecule has 0 aliphatic rings. The molecule has 2 rings (SSSR count). The number of hydrogen-bond donors (Lipinski definition) is 1. The summed E-state index contributed by atoms with van der Waals surface area (Å²) in [6.07, 6.45) is 3.94. The Morgan fingerprint density at radius 2 is 1.91 bits per heavy atom. The molecule has 0 aliphatic heterocycles. The Kier molecular flexibility index (Phi) is 5.58. The van der Waals surface area contributed by atoms with Gasteiger partial charge in [-0.2, -0.15) is 0 Å². The van der Waals surface area contributed by atoms with Gasteiger partial charge >= 0.3 is 0 Å². The van der Waals surface area contributed by atoms with Gasteiger partial charge in [-0.1, -0.05) is 19.4 Å². The smallest absolute Gasteiger partial charge is 0.161 e. The number of anilines is 1. The molecule has 0 fully saturated rings. The topological polar surface area (TPSA) is 56.3 Å². The SMILES string of the molecule is CCCc1cnc(C)nc1NCc1ccc(OC)c(OC)c1. The largest absolute Gasteiger partial charge is 0.493 e. The molecule has 0 aliphatic carbocycles. The molecule has 0 bridgehead atoms. The fourth-order valence-electron chi connectivity index (χ4n) is 2.28. The molecular weight excluding hydrogens is 278 g/mol. The highest BCUT2D eigenvalue weighted by Gasteiger charge is 2.07. The predicted octanol–water partition coefficient (Wildman–Crippen LogP) is 3.37. The molecule has 0 amide bonds. The first-order chi connectivity index (χ1) is 10.7. The molecule has 2 aromatic rings. The number of aromatic nitrogens is 2. The van der Waals surface area contributed by atoms with Crippen molar-refractivity contribution in [1.29, 1.82) is 0 Å². The van der Waals surface area contributed by atoms with Gasteiger partial charge in [0.25, 0.3) is 0 Å². The summed E-state index contributed by atoms with van der Waals surface area (Å²) in [6, 6.07) is 5.90. The number of methoxy groups -OCH3 is 2. The maximum absolute atomic E-state index is 5.33. The maximum Gasteiger partial charge on any atom is 0.161 e. The molecule has 22 heavy (non-hydrogen) atoms. The lowest BCUT2D eigenvalue weighted by molar-refractivity contribution is 0.354. The van der Waals surface area contributed by atoms with Crippen LogP contribution in [0, 0.1) is 6.92 Å². The molecule has 0 radical (unpaired) electrons. The van der Waals surface area contributed by atoms with Crippen molar-refractivity contribution in [2.24, 2.45) is 0 Å². The summed E-state index contributed by atoms with van der Waals surface area (Å²) >= 11 is 0. The van der Waals surface area contributed by atoms with Crippen LogP contribution in [0.4, 0.5) is 5.82 Å². The van der Waals surface area contributed by atoms with Crippen LogP contribution in [0.15, 0.2) is 24.4 Å². The van der Waals surface area contributed by atoms with Crippen LogP contribution in [-0.2, 0) is 13.0 Å². The lowest BCUT2D eigenvalue weighted by Gasteiger charge is -2.13. The average Bonchev–Trinajstić information content (AvgIpc) is 2.54. The Morgan fingerprint density at radius 1 is 1.14 bits per heavy atom. The van der Waals surface area contributed by atoms with E-state index >= 15 is 0 Å². The van der Waals surface area contributed by atoms with E-state index in [2.05, 4.69) is 22.2 Å². The Bertz CT molecular complexity index is 629. The number of hydrogen-bond acceptors (Lipinski definition) is 5. The number of rotatable bonds is 7. The zero-order valence-corrected chi connectivity index (χ0v) is 13.6. The predicted molar refractivity (Wildman–Crippen MR) is 87.6 cm³/mol. The van der Waals surface area contributed by atoms with E-state index in [1.807, 2.05) is 31.3 Å². The third kappa shape index (κ3) is 3.87. The summed E-state index contributed by atoms with van der Waals surface area (Å²) in [7, 11) is 3.28. The van der Waals surface area contributed by atoms with E-state index in [1.165, 1.54) is 0 Å². The highest BCUT2D eigenvalue weighted by molar-refractivity contribution is 5.46. The lowest BCUT2D eigenvalue weighted by atomic mass is 10.1. The Morgan fingerprint density at radius 3 is 2.59 bits per heavy atom. The fraction of sp³-hybridized carbons (Fsp3) is 0.412. The van der Waals surface area contributed by atoms with Crippen molar-refractivity contribution in [2.75, 3.05) is 19.5 Å². The second-order valence-electron chi connectivity index (χ2n) is 5.08. The van der Waals surface area contributed by atoms with Crippen molar-refractivity contribution in [3.05, 3.63) is 41.3 Å². The minimum atomic E-state index is 0.674. The zero-order valence-electron chi connectivity index (χ0n) is 13.6. The number of nitrogens with one attached hydrogen (secondary N) is 1. The van der Waals surface area contributed by atoms with Crippen LogP contribution in [0.2, 0.25) is 0 Å². The molecule has 0 atom stereocenters. The first-order valence-corrected chi connectivity index (χ1v) is 7.45. The van der Waals surface area contributed by atoms with Gasteiger partial charge in [0.05, 0.1) is 14.2 Å². The van der Waals surface area contributed by atoms with Gasteiger partial charge in [0.2, 0.25) is 0 Å². The zero-order chi connectivity index (χ0) is 15.9. The average molecular weight is 301 g/mol. The van der Waals surface area contributed by atoms with Crippen molar-refractivity contribution in [3.8, 4) is 11.5 Å². The molecular formula is C17H23N3O2. The van der Waals surface area contributed by atoms with Crippen LogP contribution in [0.5, 0.6) is 11.5 Å². The molecule has 118 valence electrons. The second-order valence-corrected chi connectivity index (χ2v) is 5.08. The van der Waals surface area contributed by atoms with Gasteiger partial charge in [-0.25, -0.2) is 9.97 Å². The maximum atomic E-state index is 5.33. The summed E-state index contributed by atoms with van der Waals surface area (Å²) in [5.41, 5.74) is 2.25. The molecule has 1 aromatic heterocycles. The Labute approximate surface area is 131 Å². The molecule has 1 aromatic carbocycles. The minimum Gasteiger partial charge on any atom is -0.493 e. The first kappa shape index (κ1) is 16.1. The molecule has 0 saturated heterocycles. The quantitative estimate of drug-likeness (QED) is 0.849. The Hall–Kier alpha value is -2.30. The summed E-state index contributed by atoms with van der Waals surface area (Å²) < 4.78 is 10.6. The molecule has 5 nitrogen and oxygen atoms in total.